The summed E-state index contributed by atoms with van der Waals surface area (Å²) in [5, 5.41) is 22.3. The number of nitriles is 1. The Bertz CT molecular complexity index is 619. The van der Waals surface area contributed by atoms with Crippen LogP contribution in [0.3, 0.4) is 0 Å². The maximum Gasteiger partial charge on any atom is 0.225 e. The number of carbonyl (C=O) groups excluding carboxylic acids is 1. The second-order valence-electron chi connectivity index (χ2n) is 4.29. The molecular formula is C14H14N2O3S. The number of ether oxygens (including phenoxy) is 1. The van der Waals surface area contributed by atoms with Gasteiger partial charge in [0.2, 0.25) is 5.91 Å². The lowest BCUT2D eigenvalue weighted by molar-refractivity contribution is -0.120. The third kappa shape index (κ3) is 2.58. The number of benzene rings is 1. The first-order valence-electron chi connectivity index (χ1n) is 5.95. The van der Waals surface area contributed by atoms with E-state index in [2.05, 4.69) is 11.4 Å². The summed E-state index contributed by atoms with van der Waals surface area (Å²) in [5.41, 5.74) is 1.31. The van der Waals surface area contributed by atoms with Crippen molar-refractivity contribution in [3.05, 3.63) is 34.4 Å². The summed E-state index contributed by atoms with van der Waals surface area (Å²) < 4.78 is 5.07. The number of hydrogen-bond donors (Lipinski definition) is 2. The molecule has 1 aromatic carbocycles. The molecule has 1 heterocycles. The number of rotatable bonds is 3. The Hall–Kier alpha value is -2.13. The highest BCUT2D eigenvalue weighted by Gasteiger charge is 2.29. The molecule has 20 heavy (non-hydrogen) atoms. The van der Waals surface area contributed by atoms with Crippen LogP contribution in [0.4, 0.5) is 0 Å². The third-order valence-corrected chi connectivity index (χ3v) is 3.90. The minimum Gasteiger partial charge on any atom is -0.504 e. The van der Waals surface area contributed by atoms with E-state index in [4.69, 9.17) is 4.74 Å². The molecule has 0 aliphatic carbocycles. The quantitative estimate of drug-likeness (QED) is 0.891. The fraction of sp³-hybridized carbons (Fsp3) is 0.286. The van der Waals surface area contributed by atoms with Crippen LogP contribution in [-0.4, -0.2) is 24.4 Å². The highest BCUT2D eigenvalue weighted by Crippen LogP contribution is 2.38. The summed E-state index contributed by atoms with van der Waals surface area (Å²) in [6.45, 7) is 0. The molecule has 0 spiro atoms. The molecule has 1 amide bonds. The van der Waals surface area contributed by atoms with E-state index in [0.29, 0.717) is 16.4 Å². The van der Waals surface area contributed by atoms with Gasteiger partial charge in [0.25, 0.3) is 0 Å². The minimum absolute atomic E-state index is 0.0316. The Labute approximate surface area is 121 Å². The van der Waals surface area contributed by atoms with E-state index >= 15 is 0 Å². The molecule has 1 aliphatic heterocycles. The predicted molar refractivity (Wildman–Crippen MR) is 76.3 cm³/mol. The van der Waals surface area contributed by atoms with E-state index in [1.54, 1.807) is 12.1 Å². The molecule has 1 aliphatic rings. The summed E-state index contributed by atoms with van der Waals surface area (Å²) in [5.74, 6) is -0.0725. The smallest absolute Gasteiger partial charge is 0.225 e. The van der Waals surface area contributed by atoms with E-state index in [1.165, 1.54) is 24.9 Å². The number of methoxy groups -OCH3 is 1. The number of carbonyl (C=O) groups is 1. The average molecular weight is 290 g/mol. The van der Waals surface area contributed by atoms with Crippen LogP contribution in [0.15, 0.2) is 28.8 Å². The lowest BCUT2D eigenvalue weighted by atomic mass is 9.87. The first-order valence-corrected chi connectivity index (χ1v) is 7.18. The number of phenols is 1. The normalized spacial score (nSPS) is 18.4. The molecule has 0 bridgehead atoms. The van der Waals surface area contributed by atoms with Crippen LogP contribution in [0.1, 0.15) is 17.9 Å². The van der Waals surface area contributed by atoms with Gasteiger partial charge in [-0.1, -0.05) is 6.07 Å². The van der Waals surface area contributed by atoms with Crippen molar-refractivity contribution in [2.75, 3.05) is 13.4 Å². The first kappa shape index (κ1) is 14.3. The van der Waals surface area contributed by atoms with Gasteiger partial charge < -0.3 is 15.2 Å². The number of phenolic OH excluding ortho intramolecular Hbond substituents is 1. The van der Waals surface area contributed by atoms with Gasteiger partial charge >= 0.3 is 0 Å². The Morgan fingerprint density at radius 3 is 2.90 bits per heavy atom. The molecule has 0 radical (unpaired) electrons. The Balaban J connectivity index is 2.50. The zero-order valence-electron chi connectivity index (χ0n) is 11.1. The van der Waals surface area contributed by atoms with Crippen molar-refractivity contribution in [1.29, 1.82) is 5.26 Å². The molecule has 5 nitrogen and oxygen atoms in total. The van der Waals surface area contributed by atoms with Gasteiger partial charge in [-0.3, -0.25) is 4.79 Å². The predicted octanol–water partition coefficient (Wildman–Crippen LogP) is 2.10. The molecule has 1 unspecified atom stereocenters. The molecule has 1 atom stereocenters. The number of nitrogens with zero attached hydrogens (tertiary/aromatic N) is 1. The summed E-state index contributed by atoms with van der Waals surface area (Å²) in [6, 6.07) is 7.04. The van der Waals surface area contributed by atoms with Crippen molar-refractivity contribution < 1.29 is 14.6 Å². The van der Waals surface area contributed by atoms with E-state index in [1.807, 2.05) is 6.26 Å². The van der Waals surface area contributed by atoms with Crippen LogP contribution in [0.2, 0.25) is 0 Å². The average Bonchev–Trinajstić information content (AvgIpc) is 2.46. The lowest BCUT2D eigenvalue weighted by Gasteiger charge is -2.24. The fourth-order valence-electron chi connectivity index (χ4n) is 2.18. The van der Waals surface area contributed by atoms with Crippen molar-refractivity contribution >= 4 is 17.7 Å². The standard InChI is InChI=1S/C14H14N2O3S/c1-19-12-5-8(3-4-11(12)17)9-6-13(18)16-14(20-2)10(9)7-15/h3-5,9,17H,6H2,1-2H3,(H,16,18). The van der Waals surface area contributed by atoms with Crippen LogP contribution in [0.25, 0.3) is 0 Å². The SMILES string of the molecule is COc1cc(C2CC(=O)NC(SC)=C2C#N)ccc1O. The molecule has 1 aromatic rings. The summed E-state index contributed by atoms with van der Waals surface area (Å²) >= 11 is 1.34. The van der Waals surface area contributed by atoms with Crippen LogP contribution in [0.5, 0.6) is 11.5 Å². The molecule has 104 valence electrons. The van der Waals surface area contributed by atoms with Crippen molar-refractivity contribution in [2.24, 2.45) is 0 Å². The van der Waals surface area contributed by atoms with Crippen molar-refractivity contribution in [1.82, 2.24) is 5.32 Å². The molecule has 2 rings (SSSR count). The number of hydrogen-bond acceptors (Lipinski definition) is 5. The number of nitrogens with one attached hydrogen (secondary N) is 1. The van der Waals surface area contributed by atoms with Crippen molar-refractivity contribution in [3.63, 3.8) is 0 Å². The Kier molecular flexibility index (Phi) is 4.20. The lowest BCUT2D eigenvalue weighted by Crippen LogP contribution is -2.30. The number of aromatic hydroxyl groups is 1. The third-order valence-electron chi connectivity index (χ3n) is 3.17. The van der Waals surface area contributed by atoms with Gasteiger partial charge in [0.15, 0.2) is 11.5 Å². The topological polar surface area (TPSA) is 82.3 Å². The van der Waals surface area contributed by atoms with E-state index in [0.717, 1.165) is 5.56 Å². The van der Waals surface area contributed by atoms with E-state index in [-0.39, 0.29) is 24.0 Å². The van der Waals surface area contributed by atoms with Gasteiger partial charge in [0, 0.05) is 12.3 Å². The van der Waals surface area contributed by atoms with Crippen LogP contribution in [-0.2, 0) is 4.79 Å². The van der Waals surface area contributed by atoms with Gasteiger partial charge in [-0.05, 0) is 24.0 Å². The van der Waals surface area contributed by atoms with Crippen LogP contribution >= 0.6 is 11.8 Å². The zero-order valence-corrected chi connectivity index (χ0v) is 12.0. The second-order valence-corrected chi connectivity index (χ2v) is 5.11. The van der Waals surface area contributed by atoms with Crippen molar-refractivity contribution in [3.8, 4) is 17.6 Å². The Morgan fingerprint density at radius 2 is 2.30 bits per heavy atom. The fourth-order valence-corrected chi connectivity index (χ4v) is 2.80. The van der Waals surface area contributed by atoms with Gasteiger partial charge in [-0.2, -0.15) is 5.26 Å². The second kappa shape index (κ2) is 5.88. The van der Waals surface area contributed by atoms with Crippen LogP contribution in [0, 0.1) is 11.3 Å². The van der Waals surface area contributed by atoms with Gasteiger partial charge in [-0.15, -0.1) is 11.8 Å². The molecule has 0 fully saturated rings. The molecule has 2 N–H and O–H groups in total. The Morgan fingerprint density at radius 1 is 1.55 bits per heavy atom. The summed E-state index contributed by atoms with van der Waals surface area (Å²) in [7, 11) is 1.46. The highest BCUT2D eigenvalue weighted by atomic mass is 32.2. The highest BCUT2D eigenvalue weighted by molar-refractivity contribution is 8.02. The van der Waals surface area contributed by atoms with Gasteiger partial charge in [-0.25, -0.2) is 0 Å². The maximum absolute atomic E-state index is 11.8. The van der Waals surface area contributed by atoms with Crippen LogP contribution < -0.4 is 10.1 Å². The molecule has 0 saturated heterocycles. The summed E-state index contributed by atoms with van der Waals surface area (Å²) in [4.78, 5) is 11.8. The maximum atomic E-state index is 11.8. The summed E-state index contributed by atoms with van der Waals surface area (Å²) in [6.07, 6.45) is 2.02. The van der Waals surface area contributed by atoms with E-state index < -0.39 is 0 Å². The van der Waals surface area contributed by atoms with Gasteiger partial charge in [0.05, 0.1) is 23.8 Å². The first-order chi connectivity index (χ1) is 9.60. The van der Waals surface area contributed by atoms with Gasteiger partial charge in [0.1, 0.15) is 0 Å². The zero-order chi connectivity index (χ0) is 14.7. The monoisotopic (exact) mass is 290 g/mol. The largest absolute Gasteiger partial charge is 0.504 e. The molecule has 6 heteroatoms. The minimum atomic E-state index is -0.314. The van der Waals surface area contributed by atoms with Crippen molar-refractivity contribution in [2.45, 2.75) is 12.3 Å². The molecule has 0 saturated carbocycles. The number of amides is 1. The molecular weight excluding hydrogens is 276 g/mol. The van der Waals surface area contributed by atoms with E-state index in [9.17, 15) is 15.2 Å². The number of thioether (sulfide) groups is 1. The number of allylic oxidation sites excluding steroid dienone is 1. The molecule has 0 aromatic heterocycles.